The first kappa shape index (κ1) is 16.2. The summed E-state index contributed by atoms with van der Waals surface area (Å²) < 4.78 is 0. The minimum atomic E-state index is 0.173. The first-order valence-corrected chi connectivity index (χ1v) is 8.23. The molecule has 3 N–H and O–H groups in total. The Bertz CT molecular complexity index is 307. The summed E-state index contributed by atoms with van der Waals surface area (Å²) in [6.07, 6.45) is 2.73. The van der Waals surface area contributed by atoms with Crippen LogP contribution >= 0.6 is 11.8 Å². The van der Waals surface area contributed by atoms with Gasteiger partial charge in [-0.2, -0.15) is 11.8 Å². The maximum absolute atomic E-state index is 11.4. The van der Waals surface area contributed by atoms with Crippen molar-refractivity contribution in [1.29, 1.82) is 0 Å². The van der Waals surface area contributed by atoms with Gasteiger partial charge in [-0.05, 0) is 39.4 Å². The molecule has 1 heterocycles. The van der Waals surface area contributed by atoms with Gasteiger partial charge in [-0.1, -0.05) is 6.58 Å². The molecule has 0 bridgehead atoms. The second kappa shape index (κ2) is 8.35. The van der Waals surface area contributed by atoms with Crippen LogP contribution in [0, 0.1) is 0 Å². The van der Waals surface area contributed by atoms with Crippen molar-refractivity contribution in [1.82, 2.24) is 16.0 Å². The van der Waals surface area contributed by atoms with E-state index in [4.69, 9.17) is 0 Å². The van der Waals surface area contributed by atoms with Crippen LogP contribution in [0.25, 0.3) is 0 Å². The zero-order valence-corrected chi connectivity index (χ0v) is 13.1. The average molecular weight is 285 g/mol. The molecule has 1 saturated heterocycles. The summed E-state index contributed by atoms with van der Waals surface area (Å²) in [6, 6.07) is 1.18. The quantitative estimate of drug-likeness (QED) is 0.596. The molecule has 1 rings (SSSR count). The minimum absolute atomic E-state index is 0.173. The second-order valence-electron chi connectivity index (χ2n) is 5.42. The SMILES string of the molecule is C=C1NC(C)C(CSCCCCC(=O)NC(C)C)N1. The summed E-state index contributed by atoms with van der Waals surface area (Å²) >= 11 is 1.95. The maximum Gasteiger partial charge on any atom is 0.220 e. The fourth-order valence-corrected chi connectivity index (χ4v) is 3.25. The molecule has 4 nitrogen and oxygen atoms in total. The average Bonchev–Trinajstić information content (AvgIpc) is 2.61. The van der Waals surface area contributed by atoms with E-state index in [0.717, 1.165) is 30.2 Å². The van der Waals surface area contributed by atoms with Crippen molar-refractivity contribution < 1.29 is 4.79 Å². The van der Waals surface area contributed by atoms with E-state index in [-0.39, 0.29) is 11.9 Å². The Morgan fingerprint density at radius 1 is 1.42 bits per heavy atom. The van der Waals surface area contributed by atoms with E-state index in [1.807, 2.05) is 25.6 Å². The molecule has 2 atom stereocenters. The zero-order valence-electron chi connectivity index (χ0n) is 12.3. The van der Waals surface area contributed by atoms with Gasteiger partial charge in [-0.15, -0.1) is 0 Å². The molecule has 0 saturated carbocycles. The summed E-state index contributed by atoms with van der Waals surface area (Å²) in [7, 11) is 0. The number of carbonyl (C=O) groups is 1. The summed E-state index contributed by atoms with van der Waals surface area (Å²) in [4.78, 5) is 11.4. The molecule has 0 spiro atoms. The van der Waals surface area contributed by atoms with Crippen molar-refractivity contribution in [3.05, 3.63) is 12.4 Å². The van der Waals surface area contributed by atoms with Gasteiger partial charge in [0, 0.05) is 24.3 Å². The molecule has 1 amide bonds. The van der Waals surface area contributed by atoms with Crippen LogP contribution in [0.3, 0.4) is 0 Å². The fraction of sp³-hybridized carbons (Fsp3) is 0.786. The van der Waals surface area contributed by atoms with Crippen LogP contribution in [-0.4, -0.2) is 35.5 Å². The predicted octanol–water partition coefficient (Wildman–Crippen LogP) is 1.84. The minimum Gasteiger partial charge on any atom is -0.368 e. The van der Waals surface area contributed by atoms with Crippen molar-refractivity contribution in [2.75, 3.05) is 11.5 Å². The van der Waals surface area contributed by atoms with Gasteiger partial charge in [0.05, 0.1) is 11.9 Å². The van der Waals surface area contributed by atoms with Crippen LogP contribution < -0.4 is 16.0 Å². The van der Waals surface area contributed by atoms with E-state index < -0.39 is 0 Å². The van der Waals surface area contributed by atoms with Crippen molar-refractivity contribution in [2.24, 2.45) is 0 Å². The van der Waals surface area contributed by atoms with E-state index in [1.165, 1.54) is 0 Å². The van der Waals surface area contributed by atoms with Crippen molar-refractivity contribution in [3.63, 3.8) is 0 Å². The Morgan fingerprint density at radius 3 is 2.74 bits per heavy atom. The number of amides is 1. The molecular formula is C14H27N3OS. The lowest BCUT2D eigenvalue weighted by atomic mass is 10.2. The van der Waals surface area contributed by atoms with Gasteiger partial charge in [0.2, 0.25) is 5.91 Å². The van der Waals surface area contributed by atoms with Crippen molar-refractivity contribution in [2.45, 2.75) is 58.2 Å². The highest BCUT2D eigenvalue weighted by Gasteiger charge is 2.23. The molecule has 0 aromatic heterocycles. The standard InChI is InChI=1S/C14H27N3OS/c1-10(2)15-14(18)7-5-6-8-19-9-13-11(3)16-12(4)17-13/h10-11,13,16-17H,4-9H2,1-3H3,(H,15,18). The highest BCUT2D eigenvalue weighted by Crippen LogP contribution is 2.13. The fourth-order valence-electron chi connectivity index (χ4n) is 2.05. The summed E-state index contributed by atoms with van der Waals surface area (Å²) in [5.41, 5.74) is 0. The highest BCUT2D eigenvalue weighted by atomic mass is 32.2. The summed E-state index contributed by atoms with van der Waals surface area (Å²) in [5, 5.41) is 9.54. The topological polar surface area (TPSA) is 53.2 Å². The molecule has 1 fully saturated rings. The smallest absolute Gasteiger partial charge is 0.220 e. The van der Waals surface area contributed by atoms with Crippen LogP contribution in [-0.2, 0) is 4.79 Å². The molecular weight excluding hydrogens is 258 g/mol. The van der Waals surface area contributed by atoms with Crippen LogP contribution in [0.2, 0.25) is 0 Å². The van der Waals surface area contributed by atoms with Crippen molar-refractivity contribution in [3.8, 4) is 0 Å². The van der Waals surface area contributed by atoms with Crippen LogP contribution in [0.15, 0.2) is 12.4 Å². The zero-order chi connectivity index (χ0) is 14.3. The molecule has 0 aliphatic carbocycles. The van der Waals surface area contributed by atoms with E-state index >= 15 is 0 Å². The third-order valence-corrected chi connectivity index (χ3v) is 4.23. The molecule has 19 heavy (non-hydrogen) atoms. The molecule has 1 aliphatic rings. The molecule has 2 unspecified atom stereocenters. The molecule has 0 aromatic carbocycles. The van der Waals surface area contributed by atoms with Gasteiger partial charge in [0.15, 0.2) is 0 Å². The number of unbranched alkanes of at least 4 members (excludes halogenated alkanes) is 1. The first-order chi connectivity index (χ1) is 8.99. The van der Waals surface area contributed by atoms with E-state index in [1.54, 1.807) is 0 Å². The number of hydrogen-bond donors (Lipinski definition) is 3. The lowest BCUT2D eigenvalue weighted by Gasteiger charge is -2.14. The molecule has 0 aromatic rings. The Morgan fingerprint density at radius 2 is 2.16 bits per heavy atom. The Balaban J connectivity index is 1.97. The molecule has 5 heteroatoms. The van der Waals surface area contributed by atoms with Gasteiger partial charge in [-0.25, -0.2) is 0 Å². The third-order valence-electron chi connectivity index (χ3n) is 3.05. The lowest BCUT2D eigenvalue weighted by Crippen LogP contribution is -2.33. The first-order valence-electron chi connectivity index (χ1n) is 7.08. The lowest BCUT2D eigenvalue weighted by molar-refractivity contribution is -0.121. The normalized spacial score (nSPS) is 22.2. The van der Waals surface area contributed by atoms with E-state index in [2.05, 4.69) is 29.5 Å². The predicted molar refractivity (Wildman–Crippen MR) is 83.1 cm³/mol. The largest absolute Gasteiger partial charge is 0.368 e. The molecule has 0 radical (unpaired) electrons. The number of hydrogen-bond acceptors (Lipinski definition) is 4. The number of nitrogens with one attached hydrogen (secondary N) is 3. The van der Waals surface area contributed by atoms with Gasteiger partial charge < -0.3 is 16.0 Å². The summed E-state index contributed by atoms with van der Waals surface area (Å²) in [5.74, 6) is 3.31. The van der Waals surface area contributed by atoms with Crippen molar-refractivity contribution >= 4 is 17.7 Å². The van der Waals surface area contributed by atoms with Gasteiger partial charge in [0.1, 0.15) is 0 Å². The number of rotatable bonds is 8. The van der Waals surface area contributed by atoms with Gasteiger partial charge >= 0.3 is 0 Å². The Labute approximate surface area is 121 Å². The van der Waals surface area contributed by atoms with Crippen LogP contribution in [0.4, 0.5) is 0 Å². The Hall–Kier alpha value is -0.840. The summed E-state index contributed by atoms with van der Waals surface area (Å²) in [6.45, 7) is 10.0. The second-order valence-corrected chi connectivity index (χ2v) is 6.57. The Kier molecular flexibility index (Phi) is 7.13. The third kappa shape index (κ3) is 6.76. The van der Waals surface area contributed by atoms with Crippen LogP contribution in [0.1, 0.15) is 40.0 Å². The van der Waals surface area contributed by atoms with Gasteiger partial charge in [0.25, 0.3) is 0 Å². The molecule has 1 aliphatic heterocycles. The van der Waals surface area contributed by atoms with E-state index in [0.29, 0.717) is 18.5 Å². The maximum atomic E-state index is 11.4. The molecule has 110 valence electrons. The van der Waals surface area contributed by atoms with Gasteiger partial charge in [-0.3, -0.25) is 4.79 Å². The van der Waals surface area contributed by atoms with Crippen LogP contribution in [0.5, 0.6) is 0 Å². The monoisotopic (exact) mass is 285 g/mol. The van der Waals surface area contributed by atoms with E-state index in [9.17, 15) is 4.79 Å². The number of carbonyl (C=O) groups excluding carboxylic acids is 1. The number of thioether (sulfide) groups is 1. The highest BCUT2D eigenvalue weighted by molar-refractivity contribution is 7.99.